The van der Waals surface area contributed by atoms with Crippen molar-refractivity contribution >= 4 is 34.8 Å². The predicted octanol–water partition coefficient (Wildman–Crippen LogP) is 1.74. The summed E-state index contributed by atoms with van der Waals surface area (Å²) in [4.78, 5) is 23.7. The Kier molecular flexibility index (Phi) is 5.18. The van der Waals surface area contributed by atoms with E-state index >= 15 is 0 Å². The smallest absolute Gasteiger partial charge is 0.261 e. The molecule has 0 aliphatic heterocycles. The summed E-state index contributed by atoms with van der Waals surface area (Å²) in [7, 11) is 0. The number of carbonyl (C=O) groups excluding carboxylic acids is 2. The minimum Gasteiger partial charge on any atom is -0.349 e. The molecule has 6 heteroatoms. The highest BCUT2D eigenvalue weighted by Gasteiger charge is 2.16. The summed E-state index contributed by atoms with van der Waals surface area (Å²) in [6.07, 6.45) is 0. The Labute approximate surface area is 109 Å². The van der Waals surface area contributed by atoms with Gasteiger partial charge in [0.25, 0.3) is 5.91 Å². The molecule has 1 aromatic heterocycles. The topological polar surface area (TPSA) is 58.2 Å². The van der Waals surface area contributed by atoms with Crippen molar-refractivity contribution in [2.24, 2.45) is 0 Å². The Morgan fingerprint density at radius 2 is 2.29 bits per heavy atom. The van der Waals surface area contributed by atoms with Gasteiger partial charge in [-0.1, -0.05) is 24.2 Å². The van der Waals surface area contributed by atoms with Gasteiger partial charge >= 0.3 is 0 Å². The molecule has 92 valence electrons. The molecule has 0 aliphatic carbocycles. The molecule has 0 saturated carbocycles. The molecule has 0 bridgehead atoms. The molecule has 1 atom stereocenters. The summed E-state index contributed by atoms with van der Waals surface area (Å²) in [5.41, 5.74) is 0. The quantitative estimate of drug-likeness (QED) is 0.858. The molecule has 17 heavy (non-hydrogen) atoms. The van der Waals surface area contributed by atoms with E-state index in [1.807, 2.05) is 0 Å². The van der Waals surface area contributed by atoms with E-state index < -0.39 is 6.04 Å². The average molecular weight is 273 g/mol. The minimum absolute atomic E-state index is 0.194. The number of nitrogens with one attached hydrogen (secondary N) is 2. The van der Waals surface area contributed by atoms with Gasteiger partial charge in [-0.15, -0.1) is 11.3 Å². The van der Waals surface area contributed by atoms with Crippen molar-refractivity contribution in [1.82, 2.24) is 10.6 Å². The van der Waals surface area contributed by atoms with Crippen LogP contribution in [-0.4, -0.2) is 24.4 Å². The van der Waals surface area contributed by atoms with E-state index in [0.717, 1.165) is 0 Å². The third kappa shape index (κ3) is 4.58. The van der Waals surface area contributed by atoms with Gasteiger partial charge in [0, 0.05) is 5.03 Å². The largest absolute Gasteiger partial charge is 0.349 e. The molecule has 0 aliphatic rings. The summed E-state index contributed by atoms with van der Waals surface area (Å²) >= 11 is 6.84. The second kappa shape index (κ2) is 6.42. The van der Waals surface area contributed by atoms with E-state index in [9.17, 15) is 9.59 Å². The molecule has 1 heterocycles. The molecular formula is C11H13ClN2O2S. The zero-order valence-electron chi connectivity index (χ0n) is 9.33. The van der Waals surface area contributed by atoms with Crippen LogP contribution >= 0.6 is 22.9 Å². The van der Waals surface area contributed by atoms with Crippen LogP contribution in [0.1, 0.15) is 16.6 Å². The van der Waals surface area contributed by atoms with Crippen LogP contribution in [0.2, 0.25) is 0 Å². The van der Waals surface area contributed by atoms with E-state index in [1.54, 1.807) is 24.4 Å². The first-order valence-corrected chi connectivity index (χ1v) is 6.22. The van der Waals surface area contributed by atoms with Crippen molar-refractivity contribution in [1.29, 1.82) is 0 Å². The lowest BCUT2D eigenvalue weighted by atomic mass is 10.3. The third-order valence-corrected chi connectivity index (χ3v) is 2.94. The van der Waals surface area contributed by atoms with Crippen LogP contribution in [0.25, 0.3) is 0 Å². The first-order chi connectivity index (χ1) is 8.00. The van der Waals surface area contributed by atoms with Gasteiger partial charge < -0.3 is 10.6 Å². The zero-order valence-corrected chi connectivity index (χ0v) is 10.9. The SMILES string of the molecule is C=C(Cl)CNC(=O)C(C)NC(=O)c1cccs1. The molecule has 0 fully saturated rings. The van der Waals surface area contributed by atoms with Gasteiger partial charge in [-0.2, -0.15) is 0 Å². The van der Waals surface area contributed by atoms with Crippen LogP contribution in [0.4, 0.5) is 0 Å². The van der Waals surface area contributed by atoms with Crippen molar-refractivity contribution in [2.75, 3.05) is 6.54 Å². The maximum absolute atomic E-state index is 11.6. The van der Waals surface area contributed by atoms with Crippen LogP contribution in [0.3, 0.4) is 0 Å². The lowest BCUT2D eigenvalue weighted by Crippen LogP contribution is -2.44. The second-order valence-corrected chi connectivity index (χ2v) is 4.89. The Morgan fingerprint density at radius 1 is 1.59 bits per heavy atom. The minimum atomic E-state index is -0.611. The van der Waals surface area contributed by atoms with E-state index in [1.165, 1.54) is 11.3 Å². The zero-order chi connectivity index (χ0) is 12.8. The molecule has 4 nitrogen and oxygen atoms in total. The lowest BCUT2D eigenvalue weighted by molar-refractivity contribution is -0.122. The number of carbonyl (C=O) groups is 2. The maximum atomic E-state index is 11.6. The van der Waals surface area contributed by atoms with Crippen molar-refractivity contribution in [3.8, 4) is 0 Å². The summed E-state index contributed by atoms with van der Waals surface area (Å²) < 4.78 is 0. The highest BCUT2D eigenvalue weighted by molar-refractivity contribution is 7.12. The van der Waals surface area contributed by atoms with Gasteiger partial charge in [-0.3, -0.25) is 9.59 Å². The molecule has 1 unspecified atom stereocenters. The molecule has 2 amide bonds. The van der Waals surface area contributed by atoms with Crippen molar-refractivity contribution < 1.29 is 9.59 Å². The van der Waals surface area contributed by atoms with E-state index in [2.05, 4.69) is 17.2 Å². The van der Waals surface area contributed by atoms with Crippen LogP contribution in [0.5, 0.6) is 0 Å². The Bertz CT molecular complexity index is 417. The van der Waals surface area contributed by atoms with Gasteiger partial charge in [-0.25, -0.2) is 0 Å². The maximum Gasteiger partial charge on any atom is 0.261 e. The Balaban J connectivity index is 2.43. The predicted molar refractivity (Wildman–Crippen MR) is 69.2 cm³/mol. The third-order valence-electron chi connectivity index (χ3n) is 1.94. The molecule has 0 radical (unpaired) electrons. The Morgan fingerprint density at radius 3 is 2.82 bits per heavy atom. The van der Waals surface area contributed by atoms with Crippen molar-refractivity contribution in [3.05, 3.63) is 34.0 Å². The van der Waals surface area contributed by atoms with Gasteiger partial charge in [-0.05, 0) is 18.4 Å². The van der Waals surface area contributed by atoms with Gasteiger partial charge in [0.05, 0.1) is 11.4 Å². The van der Waals surface area contributed by atoms with Crippen LogP contribution in [-0.2, 0) is 4.79 Å². The number of thiophene rings is 1. The first-order valence-electron chi connectivity index (χ1n) is 4.96. The normalized spacial score (nSPS) is 11.6. The van der Waals surface area contributed by atoms with Gasteiger partial charge in [0.2, 0.25) is 5.91 Å². The first kappa shape index (κ1) is 13.7. The van der Waals surface area contributed by atoms with E-state index in [0.29, 0.717) is 9.91 Å². The fourth-order valence-electron chi connectivity index (χ4n) is 1.08. The summed E-state index contributed by atoms with van der Waals surface area (Å²) in [5, 5.41) is 7.29. The molecule has 2 N–H and O–H groups in total. The number of hydrogen-bond donors (Lipinski definition) is 2. The van der Waals surface area contributed by atoms with Crippen molar-refractivity contribution in [3.63, 3.8) is 0 Å². The highest BCUT2D eigenvalue weighted by Crippen LogP contribution is 2.08. The molecule has 0 saturated heterocycles. The fraction of sp³-hybridized carbons (Fsp3) is 0.273. The van der Waals surface area contributed by atoms with E-state index in [-0.39, 0.29) is 18.4 Å². The van der Waals surface area contributed by atoms with Gasteiger partial charge in [0.15, 0.2) is 0 Å². The number of halogens is 1. The van der Waals surface area contributed by atoms with Gasteiger partial charge in [0.1, 0.15) is 6.04 Å². The van der Waals surface area contributed by atoms with Crippen LogP contribution in [0, 0.1) is 0 Å². The molecule has 1 rings (SSSR count). The molecule has 0 aromatic carbocycles. The lowest BCUT2D eigenvalue weighted by Gasteiger charge is -2.13. The molecule has 1 aromatic rings. The highest BCUT2D eigenvalue weighted by atomic mass is 35.5. The number of hydrogen-bond acceptors (Lipinski definition) is 3. The number of amides is 2. The Hall–Kier alpha value is -1.33. The summed E-state index contributed by atoms with van der Waals surface area (Å²) in [6, 6.07) is 2.87. The monoisotopic (exact) mass is 272 g/mol. The summed E-state index contributed by atoms with van der Waals surface area (Å²) in [5.74, 6) is -0.552. The second-order valence-electron chi connectivity index (χ2n) is 3.41. The van der Waals surface area contributed by atoms with Crippen LogP contribution in [0.15, 0.2) is 29.1 Å². The molecule has 0 spiro atoms. The van der Waals surface area contributed by atoms with Crippen molar-refractivity contribution in [2.45, 2.75) is 13.0 Å². The molecular weight excluding hydrogens is 260 g/mol. The number of rotatable bonds is 5. The average Bonchev–Trinajstić information content (AvgIpc) is 2.78. The summed E-state index contributed by atoms with van der Waals surface area (Å²) in [6.45, 7) is 5.26. The van der Waals surface area contributed by atoms with Crippen LogP contribution < -0.4 is 10.6 Å². The van der Waals surface area contributed by atoms with E-state index in [4.69, 9.17) is 11.6 Å². The standard InChI is InChI=1S/C11H13ClN2O2S/c1-7(12)6-13-10(15)8(2)14-11(16)9-4-3-5-17-9/h3-5,8H,1,6H2,2H3,(H,13,15)(H,14,16). The fourth-order valence-corrected chi connectivity index (χ4v) is 1.77.